The van der Waals surface area contributed by atoms with Gasteiger partial charge in [-0.3, -0.25) is 4.79 Å². The molecule has 3 nitrogen and oxygen atoms in total. The number of halogens is 5. The minimum Gasteiger partial charge on any atom is -0.356 e. The smallest absolute Gasteiger partial charge is 0.356 e. The van der Waals surface area contributed by atoms with E-state index in [1.807, 2.05) is 13.0 Å². The number of aryl methyl sites for hydroxylation is 2. The van der Waals surface area contributed by atoms with Crippen molar-refractivity contribution in [3.63, 3.8) is 0 Å². The van der Waals surface area contributed by atoms with Gasteiger partial charge in [0.05, 0.1) is 5.92 Å². The molecular weight excluding hydrogens is 529 g/mol. The number of amides is 1. The Labute approximate surface area is 213 Å². The number of nitrogens with one attached hydrogen (secondary N) is 1. The van der Waals surface area contributed by atoms with Crippen molar-refractivity contribution in [3.05, 3.63) is 73.7 Å². The summed E-state index contributed by atoms with van der Waals surface area (Å²) in [5, 5.41) is 3.15. The van der Waals surface area contributed by atoms with E-state index >= 15 is 0 Å². The lowest BCUT2D eigenvalue weighted by atomic mass is 9.94. The first-order valence-corrected chi connectivity index (χ1v) is 12.3. The summed E-state index contributed by atoms with van der Waals surface area (Å²) in [6, 6.07) is 8.82. The summed E-state index contributed by atoms with van der Waals surface area (Å²) in [4.78, 5) is 12.3. The van der Waals surface area contributed by atoms with Gasteiger partial charge in [0.2, 0.25) is 6.41 Å². The number of benzene rings is 2. The van der Waals surface area contributed by atoms with Crippen molar-refractivity contribution in [3.8, 4) is 0 Å². The van der Waals surface area contributed by atoms with Crippen LogP contribution >= 0.6 is 27.5 Å². The van der Waals surface area contributed by atoms with Crippen LogP contribution in [0.25, 0.3) is 6.08 Å². The minimum absolute atomic E-state index is 0.151. The molecule has 1 N–H and O–H groups in total. The number of carbonyl (C=O) groups is 1. The van der Waals surface area contributed by atoms with Gasteiger partial charge in [-0.1, -0.05) is 57.9 Å². The number of hydrogen-bond donors (Lipinski definition) is 1. The van der Waals surface area contributed by atoms with Crippen LogP contribution in [0.3, 0.4) is 0 Å². The summed E-state index contributed by atoms with van der Waals surface area (Å²) in [6.45, 7) is 7.69. The molecule has 1 aliphatic heterocycles. The Morgan fingerprint density at radius 1 is 1.12 bits per heavy atom. The first-order valence-electron chi connectivity index (χ1n) is 11.1. The molecule has 0 saturated carbocycles. The fraction of sp³-hybridized carbons (Fsp3) is 0.423. The van der Waals surface area contributed by atoms with Crippen LogP contribution in [0.2, 0.25) is 5.02 Å². The van der Waals surface area contributed by atoms with Crippen molar-refractivity contribution in [2.24, 2.45) is 0 Å². The first-order chi connectivity index (χ1) is 15.9. The third-order valence-corrected chi connectivity index (χ3v) is 7.28. The number of rotatable bonds is 5. The molecule has 1 atom stereocenters. The van der Waals surface area contributed by atoms with E-state index in [2.05, 4.69) is 33.2 Å². The highest BCUT2D eigenvalue weighted by molar-refractivity contribution is 9.10. The molecule has 186 valence electrons. The Balaban J connectivity index is 0.000000340. The molecule has 1 amide bonds. The number of hydrogen-bond acceptors (Lipinski definition) is 2. The minimum atomic E-state index is -4.39. The maximum Gasteiger partial charge on any atom is 0.399 e. The summed E-state index contributed by atoms with van der Waals surface area (Å²) in [7, 11) is 2.11. The monoisotopic (exact) mass is 558 g/mol. The summed E-state index contributed by atoms with van der Waals surface area (Å²) >= 11 is 9.46. The van der Waals surface area contributed by atoms with E-state index in [9.17, 15) is 18.0 Å². The number of alkyl halides is 3. The largest absolute Gasteiger partial charge is 0.399 e. The van der Waals surface area contributed by atoms with Crippen LogP contribution in [0.15, 0.2) is 40.9 Å². The summed E-state index contributed by atoms with van der Waals surface area (Å²) < 4.78 is 41.4. The fourth-order valence-electron chi connectivity index (χ4n) is 3.62. The highest BCUT2D eigenvalue weighted by atomic mass is 79.9. The van der Waals surface area contributed by atoms with Gasteiger partial charge in [0, 0.05) is 15.5 Å². The van der Waals surface area contributed by atoms with Crippen LogP contribution in [0.1, 0.15) is 46.6 Å². The Morgan fingerprint density at radius 2 is 1.76 bits per heavy atom. The molecule has 1 fully saturated rings. The lowest BCUT2D eigenvalue weighted by molar-refractivity contribution is -0.139. The molecule has 1 aliphatic rings. The second-order valence-corrected chi connectivity index (χ2v) is 9.96. The van der Waals surface area contributed by atoms with Crippen molar-refractivity contribution in [1.29, 1.82) is 0 Å². The summed E-state index contributed by atoms with van der Waals surface area (Å²) in [5.74, 6) is -1.70. The molecular formula is C26H31BrClF3N2O. The molecule has 34 heavy (non-hydrogen) atoms. The van der Waals surface area contributed by atoms with Crippen molar-refractivity contribution in [2.75, 3.05) is 20.1 Å². The molecule has 0 aromatic heterocycles. The van der Waals surface area contributed by atoms with Gasteiger partial charge in [0.1, 0.15) is 0 Å². The lowest BCUT2D eigenvalue weighted by Crippen LogP contribution is -2.40. The van der Waals surface area contributed by atoms with Gasteiger partial charge in [-0.25, -0.2) is 0 Å². The third kappa shape index (κ3) is 8.43. The topological polar surface area (TPSA) is 32.3 Å². The second kappa shape index (κ2) is 12.8. The quantitative estimate of drug-likeness (QED) is 0.393. The standard InChI is InChI=1S/C19H17BrClF3.C7H14N2O/c1-11-4-5-14(9-17(11)20)6-7-16(19(22,23)24)15-8-12(2)13(3)18(21)10-15;1-9-4-2-7(3-5-9)8-6-10/h4-10,16H,1-3H3;6-7H,2-5H2,1H3,(H,8,10)/b7-6+;. The normalized spacial score (nSPS) is 16.1. The second-order valence-electron chi connectivity index (χ2n) is 8.69. The molecule has 0 aliphatic carbocycles. The van der Waals surface area contributed by atoms with Crippen LogP contribution in [0.5, 0.6) is 0 Å². The van der Waals surface area contributed by atoms with Crippen LogP contribution in [0.4, 0.5) is 13.2 Å². The molecule has 0 radical (unpaired) electrons. The van der Waals surface area contributed by atoms with Crippen molar-refractivity contribution in [1.82, 2.24) is 10.2 Å². The summed E-state index contributed by atoms with van der Waals surface area (Å²) in [6.07, 6.45) is 1.27. The molecule has 2 aromatic carbocycles. The van der Waals surface area contributed by atoms with Crippen molar-refractivity contribution < 1.29 is 18.0 Å². The fourth-order valence-corrected chi connectivity index (χ4v) is 4.29. The molecule has 8 heteroatoms. The Bertz CT molecular complexity index is 979. The van der Waals surface area contributed by atoms with E-state index in [1.54, 1.807) is 32.0 Å². The average Bonchev–Trinajstić information content (AvgIpc) is 2.76. The van der Waals surface area contributed by atoms with Crippen LogP contribution in [0, 0.1) is 20.8 Å². The van der Waals surface area contributed by atoms with E-state index in [0.717, 1.165) is 53.5 Å². The SMILES string of the molecule is CN1CCC(NC=O)CC1.Cc1ccc(/C=C/C(c2cc(C)c(C)c(Cl)c2)C(F)(F)F)cc1Br. The molecule has 2 aromatic rings. The third-order valence-electron chi connectivity index (χ3n) is 6.04. The molecule has 0 bridgehead atoms. The van der Waals surface area contributed by atoms with Crippen molar-refractivity contribution >= 4 is 40.0 Å². The highest BCUT2D eigenvalue weighted by Gasteiger charge is 2.39. The molecule has 1 unspecified atom stereocenters. The van der Waals surface area contributed by atoms with Gasteiger partial charge in [-0.2, -0.15) is 13.2 Å². The zero-order valence-electron chi connectivity index (χ0n) is 19.8. The van der Waals surface area contributed by atoms with E-state index in [4.69, 9.17) is 11.6 Å². The molecule has 1 heterocycles. The van der Waals surface area contributed by atoms with Gasteiger partial charge in [-0.15, -0.1) is 0 Å². The molecule has 0 spiro atoms. The van der Waals surface area contributed by atoms with E-state index in [1.165, 1.54) is 18.2 Å². The number of allylic oxidation sites excluding steroid dienone is 1. The predicted octanol–water partition coefficient (Wildman–Crippen LogP) is 7.21. The number of likely N-dealkylation sites (tertiary alicyclic amines) is 1. The molecule has 3 rings (SSSR count). The van der Waals surface area contributed by atoms with Crippen LogP contribution in [-0.4, -0.2) is 43.7 Å². The van der Waals surface area contributed by atoms with Gasteiger partial charge in [-0.05, 0) is 93.7 Å². The lowest BCUT2D eigenvalue weighted by Gasteiger charge is -2.28. The maximum absolute atomic E-state index is 13.5. The van der Waals surface area contributed by atoms with Gasteiger partial charge in [0.15, 0.2) is 0 Å². The van der Waals surface area contributed by atoms with Crippen LogP contribution in [-0.2, 0) is 4.79 Å². The van der Waals surface area contributed by atoms with Gasteiger partial charge >= 0.3 is 6.18 Å². The van der Waals surface area contributed by atoms with E-state index < -0.39 is 12.1 Å². The zero-order chi connectivity index (χ0) is 25.5. The first kappa shape index (κ1) is 28.4. The predicted molar refractivity (Wildman–Crippen MR) is 137 cm³/mol. The number of carbonyl (C=O) groups excluding carboxylic acids is 1. The summed E-state index contributed by atoms with van der Waals surface area (Å²) in [5.41, 5.74) is 3.43. The highest BCUT2D eigenvalue weighted by Crippen LogP contribution is 2.38. The van der Waals surface area contributed by atoms with E-state index in [0.29, 0.717) is 16.6 Å². The van der Waals surface area contributed by atoms with Crippen molar-refractivity contribution in [2.45, 2.75) is 51.7 Å². The Hall–Kier alpha value is -1.83. The van der Waals surface area contributed by atoms with E-state index in [-0.39, 0.29) is 5.56 Å². The average molecular weight is 560 g/mol. The molecule has 1 saturated heterocycles. The van der Waals surface area contributed by atoms with Crippen LogP contribution < -0.4 is 5.32 Å². The van der Waals surface area contributed by atoms with Gasteiger partial charge < -0.3 is 10.2 Å². The number of nitrogens with zero attached hydrogens (tertiary/aromatic N) is 1. The maximum atomic E-state index is 13.5. The number of piperidine rings is 1. The Morgan fingerprint density at radius 3 is 2.29 bits per heavy atom. The Kier molecular flexibility index (Phi) is 10.7. The van der Waals surface area contributed by atoms with Gasteiger partial charge in [0.25, 0.3) is 0 Å². The zero-order valence-corrected chi connectivity index (χ0v) is 22.2.